The highest BCUT2D eigenvalue weighted by Crippen LogP contribution is 2.18. The van der Waals surface area contributed by atoms with Crippen LogP contribution in [-0.2, 0) is 10.0 Å². The third-order valence-electron chi connectivity index (χ3n) is 2.33. The molecule has 0 atom stereocenters. The van der Waals surface area contributed by atoms with Crippen molar-refractivity contribution < 1.29 is 8.42 Å². The molecule has 0 radical (unpaired) electrons. The van der Waals surface area contributed by atoms with E-state index in [0.717, 1.165) is 6.42 Å². The van der Waals surface area contributed by atoms with E-state index in [1.807, 2.05) is 13.8 Å². The van der Waals surface area contributed by atoms with Crippen molar-refractivity contribution in [2.75, 3.05) is 13.1 Å². The predicted octanol–water partition coefficient (Wildman–Crippen LogP) is 0.0630. The van der Waals surface area contributed by atoms with Crippen LogP contribution in [0.5, 0.6) is 0 Å². The fraction of sp³-hybridized carbons (Fsp3) is 0.667. The normalized spacial score (nSPS) is 12.9. The first-order valence-corrected chi connectivity index (χ1v) is 6.55. The average molecular weight is 246 g/mol. The maximum absolute atomic E-state index is 11.7. The Morgan fingerprint density at radius 1 is 1.56 bits per heavy atom. The SMILES string of the molecule is CC(C)(CCN)CNS(=O)(=O)c1ccn[nH]1. The fourth-order valence-electron chi connectivity index (χ4n) is 1.24. The van der Waals surface area contributed by atoms with Crippen LogP contribution >= 0.6 is 0 Å². The van der Waals surface area contributed by atoms with Gasteiger partial charge in [-0.05, 0) is 24.4 Å². The molecule has 1 heterocycles. The Morgan fingerprint density at radius 3 is 2.75 bits per heavy atom. The molecule has 0 aromatic carbocycles. The minimum Gasteiger partial charge on any atom is -0.330 e. The lowest BCUT2D eigenvalue weighted by Crippen LogP contribution is -2.35. The molecular weight excluding hydrogens is 228 g/mol. The third kappa shape index (κ3) is 3.58. The Labute approximate surface area is 95.7 Å². The van der Waals surface area contributed by atoms with Gasteiger partial charge in [-0.3, -0.25) is 5.10 Å². The van der Waals surface area contributed by atoms with Gasteiger partial charge in [0, 0.05) is 6.54 Å². The number of nitrogens with two attached hydrogens (primary N) is 1. The zero-order valence-corrected chi connectivity index (χ0v) is 10.3. The van der Waals surface area contributed by atoms with Crippen LogP contribution in [0.15, 0.2) is 17.3 Å². The summed E-state index contributed by atoms with van der Waals surface area (Å²) < 4.78 is 26.0. The van der Waals surface area contributed by atoms with Crippen molar-refractivity contribution in [2.45, 2.75) is 25.3 Å². The summed E-state index contributed by atoms with van der Waals surface area (Å²) in [6.45, 7) is 4.83. The molecule has 0 aliphatic rings. The average Bonchev–Trinajstić information content (AvgIpc) is 2.68. The summed E-state index contributed by atoms with van der Waals surface area (Å²) in [6, 6.07) is 1.41. The first-order chi connectivity index (χ1) is 7.37. The Hall–Kier alpha value is -0.920. The minimum atomic E-state index is -3.48. The van der Waals surface area contributed by atoms with Crippen molar-refractivity contribution in [1.82, 2.24) is 14.9 Å². The van der Waals surface area contributed by atoms with Gasteiger partial charge in [-0.25, -0.2) is 13.1 Å². The molecule has 0 bridgehead atoms. The van der Waals surface area contributed by atoms with Crippen LogP contribution in [0.1, 0.15) is 20.3 Å². The highest BCUT2D eigenvalue weighted by atomic mass is 32.2. The van der Waals surface area contributed by atoms with Gasteiger partial charge in [0.25, 0.3) is 10.0 Å². The van der Waals surface area contributed by atoms with Crippen molar-refractivity contribution in [3.8, 4) is 0 Å². The molecule has 1 aromatic rings. The number of H-pyrrole nitrogens is 1. The number of hydrogen-bond donors (Lipinski definition) is 3. The highest BCUT2D eigenvalue weighted by molar-refractivity contribution is 7.89. The van der Waals surface area contributed by atoms with Gasteiger partial charge in [0.2, 0.25) is 0 Å². The van der Waals surface area contributed by atoms with E-state index < -0.39 is 10.0 Å². The molecule has 0 saturated carbocycles. The molecule has 0 saturated heterocycles. The minimum absolute atomic E-state index is 0.0797. The quantitative estimate of drug-likeness (QED) is 0.660. The first kappa shape index (κ1) is 13.1. The van der Waals surface area contributed by atoms with Crippen molar-refractivity contribution >= 4 is 10.0 Å². The standard InChI is InChI=1S/C9H18N4O2S/c1-9(2,4-5-10)7-12-16(14,15)8-3-6-11-13-8/h3,6,12H,4-5,7,10H2,1-2H3,(H,11,13). The molecule has 0 amide bonds. The molecule has 7 heteroatoms. The van der Waals surface area contributed by atoms with E-state index in [1.165, 1.54) is 12.3 Å². The molecule has 6 nitrogen and oxygen atoms in total. The molecule has 4 N–H and O–H groups in total. The third-order valence-corrected chi connectivity index (χ3v) is 3.66. The molecule has 0 aliphatic carbocycles. The van der Waals surface area contributed by atoms with Crippen molar-refractivity contribution in [2.24, 2.45) is 11.1 Å². The number of rotatable bonds is 6. The summed E-state index contributed by atoms with van der Waals surface area (Å²) >= 11 is 0. The lowest BCUT2D eigenvalue weighted by Gasteiger charge is -2.23. The summed E-state index contributed by atoms with van der Waals surface area (Å²) in [5.74, 6) is 0. The Morgan fingerprint density at radius 2 is 2.25 bits per heavy atom. The Kier molecular flexibility index (Phi) is 4.06. The monoisotopic (exact) mass is 246 g/mol. The van der Waals surface area contributed by atoms with Gasteiger partial charge in [0.1, 0.15) is 0 Å². The number of aromatic nitrogens is 2. The molecule has 0 spiro atoms. The number of nitrogens with one attached hydrogen (secondary N) is 2. The van der Waals surface area contributed by atoms with Gasteiger partial charge in [-0.1, -0.05) is 13.8 Å². The topological polar surface area (TPSA) is 101 Å². The summed E-state index contributed by atoms with van der Waals surface area (Å²) in [5, 5.41) is 6.11. The molecule has 1 rings (SSSR count). The van der Waals surface area contributed by atoms with Crippen LogP contribution in [0.4, 0.5) is 0 Å². The van der Waals surface area contributed by atoms with Gasteiger partial charge < -0.3 is 5.73 Å². The smallest absolute Gasteiger partial charge is 0.257 e. The fourth-order valence-corrected chi connectivity index (χ4v) is 2.39. The van der Waals surface area contributed by atoms with E-state index in [4.69, 9.17) is 5.73 Å². The van der Waals surface area contributed by atoms with E-state index in [-0.39, 0.29) is 10.4 Å². The van der Waals surface area contributed by atoms with Gasteiger partial charge in [-0.15, -0.1) is 0 Å². The van der Waals surface area contributed by atoms with Gasteiger partial charge in [-0.2, -0.15) is 5.10 Å². The predicted molar refractivity (Wildman–Crippen MR) is 61.2 cm³/mol. The molecule has 0 aliphatic heterocycles. The summed E-state index contributed by atoms with van der Waals surface area (Å²) in [6.07, 6.45) is 2.16. The van der Waals surface area contributed by atoms with Gasteiger partial charge in [0.05, 0.1) is 6.20 Å². The zero-order valence-electron chi connectivity index (χ0n) is 9.53. The number of nitrogens with zero attached hydrogens (tertiary/aromatic N) is 1. The largest absolute Gasteiger partial charge is 0.330 e. The second kappa shape index (κ2) is 4.94. The van der Waals surface area contributed by atoms with Gasteiger partial charge in [0.15, 0.2) is 5.03 Å². The number of sulfonamides is 1. The molecule has 16 heavy (non-hydrogen) atoms. The second-order valence-electron chi connectivity index (χ2n) is 4.45. The molecule has 0 fully saturated rings. The second-order valence-corrected chi connectivity index (χ2v) is 6.18. The highest BCUT2D eigenvalue weighted by Gasteiger charge is 2.22. The number of aromatic amines is 1. The van der Waals surface area contributed by atoms with Gasteiger partial charge >= 0.3 is 0 Å². The molecule has 1 aromatic heterocycles. The van der Waals surface area contributed by atoms with Crippen molar-refractivity contribution in [1.29, 1.82) is 0 Å². The lowest BCUT2D eigenvalue weighted by atomic mass is 9.90. The first-order valence-electron chi connectivity index (χ1n) is 5.06. The molecular formula is C9H18N4O2S. The van der Waals surface area contributed by atoms with Crippen molar-refractivity contribution in [3.05, 3.63) is 12.3 Å². The van der Waals surface area contributed by atoms with Crippen LogP contribution in [0, 0.1) is 5.41 Å². The van der Waals surface area contributed by atoms with E-state index in [1.54, 1.807) is 0 Å². The van der Waals surface area contributed by atoms with Crippen LogP contribution in [0.25, 0.3) is 0 Å². The van der Waals surface area contributed by atoms with Crippen LogP contribution in [-0.4, -0.2) is 31.7 Å². The van der Waals surface area contributed by atoms with E-state index in [2.05, 4.69) is 14.9 Å². The van der Waals surface area contributed by atoms with Crippen LogP contribution in [0.2, 0.25) is 0 Å². The zero-order chi connectivity index (χ0) is 12.2. The van der Waals surface area contributed by atoms with Crippen LogP contribution < -0.4 is 10.5 Å². The lowest BCUT2D eigenvalue weighted by molar-refractivity contribution is 0.340. The maximum atomic E-state index is 11.7. The molecule has 0 unspecified atom stereocenters. The molecule has 92 valence electrons. The van der Waals surface area contributed by atoms with Crippen molar-refractivity contribution in [3.63, 3.8) is 0 Å². The summed E-state index contributed by atoms with van der Waals surface area (Å²) in [5.41, 5.74) is 5.30. The summed E-state index contributed by atoms with van der Waals surface area (Å²) in [4.78, 5) is 0. The Bertz CT molecular complexity index is 411. The van der Waals surface area contributed by atoms with E-state index in [9.17, 15) is 8.42 Å². The maximum Gasteiger partial charge on any atom is 0.257 e. The number of hydrogen-bond acceptors (Lipinski definition) is 4. The van der Waals surface area contributed by atoms with Crippen LogP contribution in [0.3, 0.4) is 0 Å². The summed E-state index contributed by atoms with van der Waals surface area (Å²) in [7, 11) is -3.48. The van der Waals surface area contributed by atoms with E-state index >= 15 is 0 Å². The Balaban J connectivity index is 2.62. The van der Waals surface area contributed by atoms with E-state index in [0.29, 0.717) is 13.1 Å².